The molecule has 1 aromatic carbocycles. The Bertz CT molecular complexity index is 1150. The third kappa shape index (κ3) is 5.42. The van der Waals surface area contributed by atoms with Crippen molar-refractivity contribution in [2.45, 2.75) is 32.1 Å². The highest BCUT2D eigenvalue weighted by molar-refractivity contribution is 5.95. The summed E-state index contributed by atoms with van der Waals surface area (Å²) in [4.78, 5) is 28.7. The first-order valence-electron chi connectivity index (χ1n) is 11.2. The number of urea groups is 1. The molecule has 0 saturated carbocycles. The van der Waals surface area contributed by atoms with E-state index in [1.807, 2.05) is 0 Å². The fourth-order valence-corrected chi connectivity index (χ4v) is 4.47. The van der Waals surface area contributed by atoms with Crippen LogP contribution in [0.1, 0.15) is 27.3 Å². The zero-order chi connectivity index (χ0) is 26.2. The van der Waals surface area contributed by atoms with Gasteiger partial charge in [-0.15, -0.1) is 0 Å². The van der Waals surface area contributed by atoms with E-state index in [-0.39, 0.29) is 37.1 Å². The van der Waals surface area contributed by atoms with Crippen LogP contribution in [0.4, 0.5) is 36.8 Å². The van der Waals surface area contributed by atoms with Gasteiger partial charge in [-0.2, -0.15) is 18.3 Å². The first-order valence-corrected chi connectivity index (χ1v) is 11.2. The summed E-state index contributed by atoms with van der Waals surface area (Å²) >= 11 is 0. The first kappa shape index (κ1) is 25.8. The summed E-state index contributed by atoms with van der Waals surface area (Å²) in [5.41, 5.74) is -0.261. The Morgan fingerprint density at radius 2 is 2.00 bits per heavy atom. The quantitative estimate of drug-likeness (QED) is 0.596. The fourth-order valence-electron chi connectivity index (χ4n) is 4.47. The van der Waals surface area contributed by atoms with Crippen molar-refractivity contribution in [1.29, 1.82) is 0 Å². The minimum absolute atomic E-state index is 0.00228. The number of nitrogens with zero attached hydrogens (tertiary/aromatic N) is 4. The zero-order valence-corrected chi connectivity index (χ0v) is 19.2. The second-order valence-electron chi connectivity index (χ2n) is 8.85. The number of fused-ring (bicyclic) bond motifs is 3. The molecule has 4 rings (SSSR count). The summed E-state index contributed by atoms with van der Waals surface area (Å²) in [5, 5.41) is 9.57. The molecular weight excluding hydrogens is 494 g/mol. The Labute approximate surface area is 202 Å². The number of benzene rings is 1. The van der Waals surface area contributed by atoms with E-state index in [0.29, 0.717) is 48.6 Å². The molecule has 36 heavy (non-hydrogen) atoms. The van der Waals surface area contributed by atoms with Crippen molar-refractivity contribution in [1.82, 2.24) is 24.9 Å². The second-order valence-corrected chi connectivity index (χ2v) is 8.85. The molecule has 0 aliphatic carbocycles. The van der Waals surface area contributed by atoms with Crippen LogP contribution < -0.4 is 10.6 Å². The molecular formula is C22H24F6N6O2. The Balaban J connectivity index is 1.50. The fraction of sp³-hybridized carbons (Fsp3) is 0.500. The molecule has 0 spiro atoms. The van der Waals surface area contributed by atoms with Crippen molar-refractivity contribution >= 4 is 17.6 Å². The van der Waals surface area contributed by atoms with E-state index in [2.05, 4.69) is 15.7 Å². The number of anilines is 1. The molecule has 0 bridgehead atoms. The molecule has 0 radical (unpaired) electrons. The van der Waals surface area contributed by atoms with E-state index in [4.69, 9.17) is 0 Å². The van der Waals surface area contributed by atoms with Gasteiger partial charge < -0.3 is 20.4 Å². The minimum atomic E-state index is -4.92. The molecule has 2 aliphatic rings. The van der Waals surface area contributed by atoms with E-state index >= 15 is 0 Å². The smallest absolute Gasteiger partial charge is 0.340 e. The third-order valence-corrected chi connectivity index (χ3v) is 6.16. The van der Waals surface area contributed by atoms with Gasteiger partial charge in [0.15, 0.2) is 0 Å². The van der Waals surface area contributed by atoms with Crippen molar-refractivity contribution in [2.75, 3.05) is 38.5 Å². The number of amides is 3. The number of rotatable bonds is 5. The number of hydrogen-bond donors (Lipinski definition) is 2. The summed E-state index contributed by atoms with van der Waals surface area (Å²) in [6.07, 6.45) is -7.10. The van der Waals surface area contributed by atoms with E-state index in [9.17, 15) is 35.9 Å². The maximum absolute atomic E-state index is 13.6. The summed E-state index contributed by atoms with van der Waals surface area (Å²) in [5.74, 6) is -1.94. The van der Waals surface area contributed by atoms with E-state index in [0.717, 1.165) is 6.07 Å². The van der Waals surface area contributed by atoms with Crippen LogP contribution in [0.25, 0.3) is 0 Å². The average Bonchev–Trinajstić information content (AvgIpc) is 3.10. The van der Waals surface area contributed by atoms with Crippen molar-refractivity contribution in [3.8, 4) is 0 Å². The van der Waals surface area contributed by atoms with Gasteiger partial charge in [-0.05, 0) is 18.2 Å². The van der Waals surface area contributed by atoms with Crippen molar-refractivity contribution in [3.63, 3.8) is 0 Å². The average molecular weight is 518 g/mol. The third-order valence-electron chi connectivity index (χ3n) is 6.16. The van der Waals surface area contributed by atoms with Gasteiger partial charge in [0, 0.05) is 56.8 Å². The molecule has 196 valence electrons. The zero-order valence-electron chi connectivity index (χ0n) is 19.2. The molecule has 0 saturated heterocycles. The first-order chi connectivity index (χ1) is 16.9. The van der Waals surface area contributed by atoms with Crippen molar-refractivity contribution < 1.29 is 35.9 Å². The lowest BCUT2D eigenvalue weighted by atomic mass is 10.0. The van der Waals surface area contributed by atoms with E-state index in [1.54, 1.807) is 11.7 Å². The number of carbonyl (C=O) groups excluding carboxylic acids is 2. The van der Waals surface area contributed by atoms with Gasteiger partial charge in [0.2, 0.25) is 0 Å². The highest BCUT2D eigenvalue weighted by atomic mass is 19.4. The van der Waals surface area contributed by atoms with Crippen LogP contribution in [0.3, 0.4) is 0 Å². The summed E-state index contributed by atoms with van der Waals surface area (Å²) in [7, 11) is 1.59. The normalized spacial score (nSPS) is 18.2. The lowest BCUT2D eigenvalue weighted by Gasteiger charge is -2.27. The summed E-state index contributed by atoms with van der Waals surface area (Å²) in [6, 6.07) is 1.48. The Morgan fingerprint density at radius 1 is 1.25 bits per heavy atom. The van der Waals surface area contributed by atoms with Crippen LogP contribution in [0, 0.1) is 11.7 Å². The molecule has 1 unspecified atom stereocenters. The van der Waals surface area contributed by atoms with Crippen LogP contribution in [0.5, 0.6) is 0 Å². The molecule has 3 amide bonds. The SMILES string of the molecule is CN1CC(CNCC(F)F)Cn2nc3c(c2C1=O)CN(C(=O)Nc1ccc(F)c(C(F)(F)F)c1)CC3. The Hall–Kier alpha value is -3.29. The topological polar surface area (TPSA) is 82.5 Å². The van der Waals surface area contributed by atoms with Crippen LogP contribution in [0.15, 0.2) is 18.2 Å². The predicted octanol–water partition coefficient (Wildman–Crippen LogP) is 3.19. The molecule has 8 nitrogen and oxygen atoms in total. The largest absolute Gasteiger partial charge is 0.419 e. The Morgan fingerprint density at radius 3 is 2.69 bits per heavy atom. The van der Waals surface area contributed by atoms with Gasteiger partial charge in [-0.1, -0.05) is 0 Å². The van der Waals surface area contributed by atoms with Gasteiger partial charge in [0.1, 0.15) is 11.5 Å². The van der Waals surface area contributed by atoms with Gasteiger partial charge >= 0.3 is 12.2 Å². The molecule has 3 heterocycles. The van der Waals surface area contributed by atoms with Crippen molar-refractivity contribution in [2.24, 2.45) is 5.92 Å². The number of halogens is 6. The molecule has 1 atom stereocenters. The molecule has 2 aliphatic heterocycles. The lowest BCUT2D eigenvalue weighted by molar-refractivity contribution is -0.139. The number of nitrogens with one attached hydrogen (secondary N) is 2. The van der Waals surface area contributed by atoms with Crippen LogP contribution in [0.2, 0.25) is 0 Å². The highest BCUT2D eigenvalue weighted by Gasteiger charge is 2.36. The second kappa shape index (κ2) is 9.99. The monoisotopic (exact) mass is 518 g/mol. The minimum Gasteiger partial charge on any atom is -0.340 e. The molecule has 2 aromatic rings. The molecule has 2 N–H and O–H groups in total. The Kier molecular flexibility index (Phi) is 7.16. The van der Waals surface area contributed by atoms with Gasteiger partial charge in [-0.25, -0.2) is 18.0 Å². The number of aromatic nitrogens is 2. The number of hydrogen-bond acceptors (Lipinski definition) is 4. The van der Waals surface area contributed by atoms with Gasteiger partial charge in [0.05, 0.1) is 24.3 Å². The highest BCUT2D eigenvalue weighted by Crippen LogP contribution is 2.33. The molecule has 0 fully saturated rings. The van der Waals surface area contributed by atoms with Crippen LogP contribution in [-0.4, -0.2) is 71.2 Å². The standard InChI is InChI=1S/C22H24F6N6O2/c1-32-9-12(7-29-8-18(24)25)10-34-19(20(32)35)14-11-33(5-4-17(14)31-34)21(36)30-13-2-3-16(23)15(6-13)22(26,27)28/h2-3,6,12,18,29H,4-5,7-11H2,1H3,(H,30,36). The molecule has 14 heteroatoms. The maximum atomic E-state index is 13.6. The van der Waals surface area contributed by atoms with Crippen molar-refractivity contribution in [3.05, 3.63) is 46.5 Å². The lowest BCUT2D eigenvalue weighted by Crippen LogP contribution is -2.40. The number of carbonyl (C=O) groups is 2. The van der Waals surface area contributed by atoms with Gasteiger partial charge in [0.25, 0.3) is 12.3 Å². The summed E-state index contributed by atoms with van der Waals surface area (Å²) in [6.45, 7) is 0.640. The maximum Gasteiger partial charge on any atom is 0.419 e. The van der Waals surface area contributed by atoms with Crippen LogP contribution in [-0.2, 0) is 25.7 Å². The number of alkyl halides is 5. The predicted molar refractivity (Wildman–Crippen MR) is 116 cm³/mol. The van der Waals surface area contributed by atoms with Crippen LogP contribution >= 0.6 is 0 Å². The van der Waals surface area contributed by atoms with Gasteiger partial charge in [-0.3, -0.25) is 9.48 Å². The van der Waals surface area contributed by atoms with E-state index < -0.39 is 36.6 Å². The van der Waals surface area contributed by atoms with E-state index in [1.165, 1.54) is 9.80 Å². The molecule has 1 aromatic heterocycles. The summed E-state index contributed by atoms with van der Waals surface area (Å²) < 4.78 is 79.1.